The first-order valence-electron chi connectivity index (χ1n) is 6.95. The fourth-order valence-electron chi connectivity index (χ4n) is 2.10. The van der Waals surface area contributed by atoms with Crippen LogP contribution in [-0.2, 0) is 13.1 Å². The van der Waals surface area contributed by atoms with E-state index in [0.29, 0.717) is 29.1 Å². The van der Waals surface area contributed by atoms with E-state index in [2.05, 4.69) is 20.6 Å². The molecule has 128 valence electrons. The summed E-state index contributed by atoms with van der Waals surface area (Å²) < 4.78 is 2.01. The van der Waals surface area contributed by atoms with E-state index in [9.17, 15) is 0 Å². The van der Waals surface area contributed by atoms with Crippen molar-refractivity contribution in [1.29, 1.82) is 0 Å². The van der Waals surface area contributed by atoms with Crippen LogP contribution in [0.25, 0.3) is 4.96 Å². The molecule has 0 amide bonds. The number of fused-ring (bicyclic) bond motifs is 1. The number of thiazole rings is 1. The highest BCUT2D eigenvalue weighted by molar-refractivity contribution is 14.0. The van der Waals surface area contributed by atoms with E-state index in [1.807, 2.05) is 34.3 Å². The van der Waals surface area contributed by atoms with Gasteiger partial charge in [0.2, 0.25) is 0 Å². The number of halogens is 3. The van der Waals surface area contributed by atoms with Crippen molar-refractivity contribution in [3.63, 3.8) is 0 Å². The standard InChI is InChI=1S/C15H15Cl2N5S.HI/c1-18-14(19-7-10-2-3-11(16)6-13(10)17)20-8-12-9-22-4-5-23-15(22)21-12;/h2-6,9H,7-8H2,1H3,(H2,18,19,20);1H. The SMILES string of the molecule is CN=C(NCc1cn2ccsc2n1)NCc1ccc(Cl)cc1Cl.I. The Balaban J connectivity index is 0.00000208. The lowest BCUT2D eigenvalue weighted by atomic mass is 10.2. The average Bonchev–Trinajstić information content (AvgIpc) is 3.10. The second-order valence-corrected chi connectivity index (χ2v) is 6.56. The zero-order chi connectivity index (χ0) is 16.2. The van der Waals surface area contributed by atoms with Crippen molar-refractivity contribution in [1.82, 2.24) is 20.0 Å². The lowest BCUT2D eigenvalue weighted by molar-refractivity contribution is 0.798. The first kappa shape index (κ1) is 19.3. The maximum atomic E-state index is 6.17. The molecule has 2 heterocycles. The number of aromatic nitrogens is 2. The summed E-state index contributed by atoms with van der Waals surface area (Å²) in [5.74, 6) is 0.687. The maximum Gasteiger partial charge on any atom is 0.193 e. The van der Waals surface area contributed by atoms with Gasteiger partial charge in [-0.3, -0.25) is 9.39 Å². The van der Waals surface area contributed by atoms with E-state index in [0.717, 1.165) is 16.2 Å². The van der Waals surface area contributed by atoms with Gasteiger partial charge in [0.05, 0.1) is 12.2 Å². The van der Waals surface area contributed by atoms with Crippen LogP contribution in [0.3, 0.4) is 0 Å². The Labute approximate surface area is 171 Å². The van der Waals surface area contributed by atoms with Crippen molar-refractivity contribution in [2.24, 2.45) is 4.99 Å². The number of imidazole rings is 1. The van der Waals surface area contributed by atoms with Crippen LogP contribution in [0.1, 0.15) is 11.3 Å². The maximum absolute atomic E-state index is 6.17. The fourth-order valence-corrected chi connectivity index (χ4v) is 3.29. The summed E-state index contributed by atoms with van der Waals surface area (Å²) in [6.07, 6.45) is 3.99. The third-order valence-electron chi connectivity index (χ3n) is 3.27. The number of rotatable bonds is 4. The van der Waals surface area contributed by atoms with Crippen LogP contribution in [-0.4, -0.2) is 22.4 Å². The lowest BCUT2D eigenvalue weighted by Crippen LogP contribution is -2.36. The molecule has 3 aromatic rings. The molecule has 2 aromatic heterocycles. The van der Waals surface area contributed by atoms with Crippen LogP contribution in [0.15, 0.2) is 41.0 Å². The second-order valence-electron chi connectivity index (χ2n) is 4.84. The Hall–Kier alpha value is -1.03. The Morgan fingerprint density at radius 1 is 1.29 bits per heavy atom. The van der Waals surface area contributed by atoms with Crippen LogP contribution < -0.4 is 10.6 Å². The highest BCUT2D eigenvalue weighted by Crippen LogP contribution is 2.20. The number of hydrogen-bond donors (Lipinski definition) is 2. The third kappa shape index (κ3) is 4.75. The molecule has 0 saturated carbocycles. The van der Waals surface area contributed by atoms with E-state index in [-0.39, 0.29) is 24.0 Å². The lowest BCUT2D eigenvalue weighted by Gasteiger charge is -2.12. The molecule has 0 aliphatic carbocycles. The molecular formula is C15H16Cl2IN5S. The molecule has 24 heavy (non-hydrogen) atoms. The Bertz CT molecular complexity index is 817. The first-order chi connectivity index (χ1) is 11.2. The van der Waals surface area contributed by atoms with Gasteiger partial charge in [-0.1, -0.05) is 29.3 Å². The zero-order valence-electron chi connectivity index (χ0n) is 12.8. The Kier molecular flexibility index (Phi) is 7.15. The largest absolute Gasteiger partial charge is 0.352 e. The van der Waals surface area contributed by atoms with E-state index in [1.165, 1.54) is 0 Å². The Morgan fingerprint density at radius 3 is 2.79 bits per heavy atom. The molecule has 1 aromatic carbocycles. The topological polar surface area (TPSA) is 53.7 Å². The quantitative estimate of drug-likeness (QED) is 0.324. The van der Waals surface area contributed by atoms with Gasteiger partial charge in [0.15, 0.2) is 10.9 Å². The summed E-state index contributed by atoms with van der Waals surface area (Å²) in [5, 5.41) is 9.73. The molecule has 2 N–H and O–H groups in total. The first-order valence-corrected chi connectivity index (χ1v) is 8.59. The van der Waals surface area contributed by atoms with Gasteiger partial charge in [0.1, 0.15) is 0 Å². The van der Waals surface area contributed by atoms with Gasteiger partial charge in [-0.2, -0.15) is 0 Å². The highest BCUT2D eigenvalue weighted by atomic mass is 127. The zero-order valence-corrected chi connectivity index (χ0v) is 17.5. The summed E-state index contributed by atoms with van der Waals surface area (Å²) in [5.41, 5.74) is 1.92. The number of guanidine groups is 1. The molecule has 0 fully saturated rings. The normalized spacial score (nSPS) is 11.4. The molecule has 0 bridgehead atoms. The molecule has 9 heteroatoms. The van der Waals surface area contributed by atoms with Gasteiger partial charge < -0.3 is 10.6 Å². The average molecular weight is 496 g/mol. The predicted octanol–water partition coefficient (Wildman–Crippen LogP) is 4.19. The van der Waals surface area contributed by atoms with Crippen molar-refractivity contribution in [2.75, 3.05) is 7.05 Å². The molecule has 3 rings (SSSR count). The van der Waals surface area contributed by atoms with Crippen LogP contribution in [0.4, 0.5) is 0 Å². The number of nitrogens with one attached hydrogen (secondary N) is 2. The molecular weight excluding hydrogens is 480 g/mol. The van der Waals surface area contributed by atoms with Gasteiger partial charge in [-0.15, -0.1) is 35.3 Å². The van der Waals surface area contributed by atoms with Gasteiger partial charge >= 0.3 is 0 Å². The molecule has 0 atom stereocenters. The minimum absolute atomic E-state index is 0. The molecule has 0 radical (unpaired) electrons. The van der Waals surface area contributed by atoms with Crippen LogP contribution >= 0.6 is 58.5 Å². The van der Waals surface area contributed by atoms with Gasteiger partial charge in [-0.05, 0) is 17.7 Å². The summed E-state index contributed by atoms with van der Waals surface area (Å²) in [7, 11) is 1.73. The van der Waals surface area contributed by atoms with Gasteiger partial charge in [0.25, 0.3) is 0 Å². The van der Waals surface area contributed by atoms with Crippen molar-refractivity contribution in [2.45, 2.75) is 13.1 Å². The molecule has 0 aliphatic heterocycles. The number of nitrogens with zero attached hydrogens (tertiary/aromatic N) is 3. The third-order valence-corrected chi connectivity index (χ3v) is 4.62. The van der Waals surface area contributed by atoms with Crippen molar-refractivity contribution >= 4 is 69.4 Å². The van der Waals surface area contributed by atoms with Crippen molar-refractivity contribution in [3.05, 3.63) is 57.3 Å². The van der Waals surface area contributed by atoms with E-state index >= 15 is 0 Å². The minimum Gasteiger partial charge on any atom is -0.352 e. The molecule has 0 spiro atoms. The monoisotopic (exact) mass is 495 g/mol. The number of benzene rings is 1. The summed E-state index contributed by atoms with van der Waals surface area (Å²) in [6, 6.07) is 5.45. The second kappa shape index (κ2) is 8.89. The van der Waals surface area contributed by atoms with Crippen LogP contribution in [0, 0.1) is 0 Å². The number of aliphatic imine (C=N–C) groups is 1. The predicted molar refractivity (Wildman–Crippen MR) is 112 cm³/mol. The summed E-state index contributed by atoms with van der Waals surface area (Å²) in [6.45, 7) is 1.16. The van der Waals surface area contributed by atoms with E-state index in [4.69, 9.17) is 23.2 Å². The van der Waals surface area contributed by atoms with Gasteiger partial charge in [-0.25, -0.2) is 4.98 Å². The number of hydrogen-bond acceptors (Lipinski definition) is 3. The smallest absolute Gasteiger partial charge is 0.193 e. The fraction of sp³-hybridized carbons (Fsp3) is 0.200. The summed E-state index contributed by atoms with van der Waals surface area (Å²) >= 11 is 13.7. The van der Waals surface area contributed by atoms with E-state index in [1.54, 1.807) is 24.5 Å². The molecule has 0 unspecified atom stereocenters. The van der Waals surface area contributed by atoms with Gasteiger partial charge in [0, 0.05) is 41.4 Å². The highest BCUT2D eigenvalue weighted by Gasteiger charge is 2.05. The van der Waals surface area contributed by atoms with Crippen LogP contribution in [0.5, 0.6) is 0 Å². The molecule has 0 aliphatic rings. The van der Waals surface area contributed by atoms with Crippen molar-refractivity contribution in [3.8, 4) is 0 Å². The minimum atomic E-state index is 0. The van der Waals surface area contributed by atoms with Crippen molar-refractivity contribution < 1.29 is 0 Å². The van der Waals surface area contributed by atoms with Crippen LogP contribution in [0.2, 0.25) is 10.0 Å². The molecule has 0 saturated heterocycles. The van der Waals surface area contributed by atoms with E-state index < -0.39 is 0 Å². The molecule has 5 nitrogen and oxygen atoms in total. The Morgan fingerprint density at radius 2 is 2.08 bits per heavy atom. The summed E-state index contributed by atoms with van der Waals surface area (Å²) in [4.78, 5) is 9.71.